The first-order chi connectivity index (χ1) is 9.90. The van der Waals surface area contributed by atoms with E-state index >= 15 is 0 Å². The highest BCUT2D eigenvalue weighted by Crippen LogP contribution is 2.17. The van der Waals surface area contributed by atoms with E-state index in [1.165, 1.54) is 11.0 Å². The normalized spacial score (nSPS) is 10.8. The average Bonchev–Trinajstić information content (AvgIpc) is 2.42. The predicted molar refractivity (Wildman–Crippen MR) is 79.9 cm³/mol. The summed E-state index contributed by atoms with van der Waals surface area (Å²) >= 11 is 0. The molecule has 0 spiro atoms. The van der Waals surface area contributed by atoms with Crippen LogP contribution in [0.2, 0.25) is 0 Å². The van der Waals surface area contributed by atoms with Gasteiger partial charge in [0.25, 0.3) is 5.91 Å². The van der Waals surface area contributed by atoms with Crippen LogP contribution in [-0.4, -0.2) is 34.3 Å². The Morgan fingerprint density at radius 3 is 2.57 bits per heavy atom. The number of benzene rings is 1. The first kappa shape index (κ1) is 14.8. The van der Waals surface area contributed by atoms with E-state index in [-0.39, 0.29) is 29.6 Å². The summed E-state index contributed by atoms with van der Waals surface area (Å²) in [7, 11) is 0. The molecular weight excluding hydrogens is 270 g/mol. The third-order valence-corrected chi connectivity index (χ3v) is 3.19. The Morgan fingerprint density at radius 1 is 1.29 bits per heavy atom. The Labute approximate surface area is 121 Å². The number of nitrogens with zero attached hydrogens (tertiary/aromatic N) is 1. The van der Waals surface area contributed by atoms with Gasteiger partial charge in [-0.15, -0.1) is 0 Å². The Hall–Kier alpha value is -2.63. The number of nitrogens with one attached hydrogen (secondary N) is 1. The number of primary amides is 1. The van der Waals surface area contributed by atoms with Crippen molar-refractivity contribution in [3.63, 3.8) is 0 Å². The summed E-state index contributed by atoms with van der Waals surface area (Å²) in [5, 5.41) is 0.636. The number of fused-ring (bicyclic) bond motifs is 1. The molecule has 0 unspecified atom stereocenters. The van der Waals surface area contributed by atoms with Crippen molar-refractivity contribution >= 4 is 22.7 Å². The van der Waals surface area contributed by atoms with Gasteiger partial charge in [0, 0.05) is 23.0 Å². The Morgan fingerprint density at radius 2 is 1.95 bits per heavy atom. The topological polar surface area (TPSA) is 96.3 Å². The summed E-state index contributed by atoms with van der Waals surface area (Å²) in [6.45, 7) is 3.39. The molecule has 110 valence electrons. The van der Waals surface area contributed by atoms with Gasteiger partial charge in [0.1, 0.15) is 0 Å². The SMILES string of the molecule is CC(C)N(CC(N)=O)C(=O)c1cc(=O)[nH]c2ccccc12. The standard InChI is InChI=1S/C15H17N3O3/c1-9(2)18(8-13(16)19)15(21)11-7-14(20)17-12-6-4-3-5-10(11)12/h3-7,9H,8H2,1-2H3,(H2,16,19)(H,17,20). The molecule has 0 fully saturated rings. The van der Waals surface area contributed by atoms with E-state index in [1.54, 1.807) is 38.1 Å². The molecule has 2 aromatic rings. The molecule has 1 aromatic carbocycles. The molecule has 0 aliphatic heterocycles. The van der Waals surface area contributed by atoms with Gasteiger partial charge in [0.2, 0.25) is 11.5 Å². The van der Waals surface area contributed by atoms with Gasteiger partial charge in [-0.25, -0.2) is 0 Å². The number of pyridine rings is 1. The van der Waals surface area contributed by atoms with Crippen molar-refractivity contribution in [1.29, 1.82) is 0 Å². The van der Waals surface area contributed by atoms with Crippen LogP contribution in [0.25, 0.3) is 10.9 Å². The number of carbonyl (C=O) groups excluding carboxylic acids is 2. The number of aromatic amines is 1. The van der Waals surface area contributed by atoms with Crippen LogP contribution in [0.1, 0.15) is 24.2 Å². The number of amides is 2. The summed E-state index contributed by atoms with van der Waals surface area (Å²) in [6.07, 6.45) is 0. The van der Waals surface area contributed by atoms with Crippen molar-refractivity contribution in [3.8, 4) is 0 Å². The zero-order chi connectivity index (χ0) is 15.6. The van der Waals surface area contributed by atoms with Gasteiger partial charge in [-0.05, 0) is 19.9 Å². The summed E-state index contributed by atoms with van der Waals surface area (Å²) in [5.41, 5.74) is 5.68. The second-order valence-electron chi connectivity index (χ2n) is 5.09. The monoisotopic (exact) mass is 287 g/mol. The van der Waals surface area contributed by atoms with Crippen molar-refractivity contribution in [3.05, 3.63) is 46.2 Å². The largest absolute Gasteiger partial charge is 0.368 e. The van der Waals surface area contributed by atoms with Crippen molar-refractivity contribution in [1.82, 2.24) is 9.88 Å². The molecule has 1 aromatic heterocycles. The molecule has 0 saturated heterocycles. The molecule has 6 nitrogen and oxygen atoms in total. The van der Waals surface area contributed by atoms with E-state index < -0.39 is 5.91 Å². The van der Waals surface area contributed by atoms with Crippen LogP contribution < -0.4 is 11.3 Å². The van der Waals surface area contributed by atoms with Crippen LogP contribution in [0.5, 0.6) is 0 Å². The molecule has 6 heteroatoms. The number of para-hydroxylation sites is 1. The zero-order valence-corrected chi connectivity index (χ0v) is 11.9. The zero-order valence-electron chi connectivity index (χ0n) is 11.9. The molecule has 1 heterocycles. The number of rotatable bonds is 4. The molecule has 0 atom stereocenters. The first-order valence-corrected chi connectivity index (χ1v) is 6.61. The van der Waals surface area contributed by atoms with E-state index in [9.17, 15) is 14.4 Å². The summed E-state index contributed by atoms with van der Waals surface area (Å²) in [5.74, 6) is -0.975. The smallest absolute Gasteiger partial charge is 0.255 e. The number of aromatic nitrogens is 1. The van der Waals surface area contributed by atoms with Crippen LogP contribution in [0, 0.1) is 0 Å². The highest BCUT2D eigenvalue weighted by Gasteiger charge is 2.22. The van der Waals surface area contributed by atoms with Gasteiger partial charge in [-0.1, -0.05) is 18.2 Å². The Balaban J connectivity index is 2.56. The lowest BCUT2D eigenvalue weighted by atomic mass is 10.1. The number of carbonyl (C=O) groups is 2. The second-order valence-corrected chi connectivity index (χ2v) is 5.09. The molecule has 0 aliphatic rings. The van der Waals surface area contributed by atoms with Gasteiger partial charge in [-0.2, -0.15) is 0 Å². The van der Waals surface area contributed by atoms with Crippen LogP contribution >= 0.6 is 0 Å². The van der Waals surface area contributed by atoms with E-state index in [0.717, 1.165) is 0 Å². The molecule has 0 bridgehead atoms. The van der Waals surface area contributed by atoms with Gasteiger partial charge >= 0.3 is 0 Å². The number of hydrogen-bond acceptors (Lipinski definition) is 3. The van der Waals surface area contributed by atoms with E-state index in [4.69, 9.17) is 5.73 Å². The molecule has 0 saturated carbocycles. The Bertz CT molecular complexity index is 749. The van der Waals surface area contributed by atoms with Gasteiger partial charge < -0.3 is 15.6 Å². The van der Waals surface area contributed by atoms with Crippen molar-refractivity contribution in [2.45, 2.75) is 19.9 Å². The Kier molecular flexibility index (Phi) is 4.07. The molecule has 2 rings (SSSR count). The van der Waals surface area contributed by atoms with Gasteiger partial charge in [0.15, 0.2) is 0 Å². The number of nitrogens with two attached hydrogens (primary N) is 1. The van der Waals surface area contributed by atoms with Crippen LogP contribution in [0.3, 0.4) is 0 Å². The number of hydrogen-bond donors (Lipinski definition) is 2. The fraction of sp³-hybridized carbons (Fsp3) is 0.267. The van der Waals surface area contributed by atoms with E-state index in [2.05, 4.69) is 4.98 Å². The lowest BCUT2D eigenvalue weighted by Gasteiger charge is -2.25. The molecular formula is C15H17N3O3. The fourth-order valence-electron chi connectivity index (χ4n) is 2.19. The van der Waals surface area contributed by atoms with Crippen LogP contribution in [0.15, 0.2) is 35.1 Å². The maximum absolute atomic E-state index is 12.7. The average molecular weight is 287 g/mol. The summed E-state index contributed by atoms with van der Waals surface area (Å²) in [6, 6.07) is 8.08. The van der Waals surface area contributed by atoms with Crippen molar-refractivity contribution < 1.29 is 9.59 Å². The molecule has 2 amide bonds. The van der Waals surface area contributed by atoms with E-state index in [0.29, 0.717) is 10.9 Å². The van der Waals surface area contributed by atoms with Crippen molar-refractivity contribution in [2.75, 3.05) is 6.54 Å². The lowest BCUT2D eigenvalue weighted by molar-refractivity contribution is -0.119. The molecule has 21 heavy (non-hydrogen) atoms. The quantitative estimate of drug-likeness (QED) is 0.873. The lowest BCUT2D eigenvalue weighted by Crippen LogP contribution is -2.43. The maximum Gasteiger partial charge on any atom is 0.255 e. The molecule has 0 aliphatic carbocycles. The van der Waals surface area contributed by atoms with E-state index in [1.807, 2.05) is 0 Å². The minimum Gasteiger partial charge on any atom is -0.368 e. The van der Waals surface area contributed by atoms with Gasteiger partial charge in [-0.3, -0.25) is 14.4 Å². The minimum atomic E-state index is -0.591. The minimum absolute atomic E-state index is 0.183. The summed E-state index contributed by atoms with van der Waals surface area (Å²) in [4.78, 5) is 39.5. The van der Waals surface area contributed by atoms with Crippen LogP contribution in [0.4, 0.5) is 0 Å². The highest BCUT2D eigenvalue weighted by atomic mass is 16.2. The number of H-pyrrole nitrogens is 1. The second kappa shape index (κ2) is 5.78. The predicted octanol–water partition coefficient (Wildman–Crippen LogP) is 0.864. The fourth-order valence-corrected chi connectivity index (χ4v) is 2.19. The highest BCUT2D eigenvalue weighted by molar-refractivity contribution is 6.06. The van der Waals surface area contributed by atoms with Crippen LogP contribution in [-0.2, 0) is 4.79 Å². The molecule has 0 radical (unpaired) electrons. The van der Waals surface area contributed by atoms with Gasteiger partial charge in [0.05, 0.1) is 12.1 Å². The first-order valence-electron chi connectivity index (χ1n) is 6.61. The summed E-state index contributed by atoms with van der Waals surface area (Å²) < 4.78 is 0. The van der Waals surface area contributed by atoms with Crippen molar-refractivity contribution in [2.24, 2.45) is 5.73 Å². The maximum atomic E-state index is 12.7. The molecule has 3 N–H and O–H groups in total. The third kappa shape index (κ3) is 3.10. The third-order valence-electron chi connectivity index (χ3n) is 3.19.